The van der Waals surface area contributed by atoms with Crippen LogP contribution in [0.2, 0.25) is 0 Å². The first-order valence-electron chi connectivity index (χ1n) is 9.65. The Hall–Kier alpha value is -3.29. The van der Waals surface area contributed by atoms with Crippen molar-refractivity contribution in [2.45, 2.75) is 20.3 Å². The Labute approximate surface area is 173 Å². The van der Waals surface area contributed by atoms with Crippen LogP contribution in [0, 0.1) is 31.4 Å². The van der Waals surface area contributed by atoms with E-state index in [1.54, 1.807) is 19.9 Å². The van der Waals surface area contributed by atoms with Crippen molar-refractivity contribution in [2.24, 2.45) is 5.92 Å². The van der Waals surface area contributed by atoms with E-state index in [1.807, 2.05) is 0 Å². The molecule has 1 aliphatic heterocycles. The van der Waals surface area contributed by atoms with Crippen molar-refractivity contribution in [1.82, 2.24) is 10.6 Å². The molecule has 6 nitrogen and oxygen atoms in total. The van der Waals surface area contributed by atoms with Crippen LogP contribution >= 0.6 is 0 Å². The van der Waals surface area contributed by atoms with Crippen LogP contribution in [0.3, 0.4) is 0 Å². The van der Waals surface area contributed by atoms with Gasteiger partial charge in [0.2, 0.25) is 11.8 Å². The highest BCUT2D eigenvalue weighted by Crippen LogP contribution is 2.28. The zero-order valence-corrected chi connectivity index (χ0v) is 16.8. The van der Waals surface area contributed by atoms with Gasteiger partial charge in [-0.15, -0.1) is 0 Å². The number of nitrogens with one attached hydrogen (secondary N) is 2. The third-order valence-corrected chi connectivity index (χ3v) is 5.03. The van der Waals surface area contributed by atoms with E-state index in [0.717, 1.165) is 11.6 Å². The van der Waals surface area contributed by atoms with Crippen LogP contribution in [0.15, 0.2) is 36.4 Å². The van der Waals surface area contributed by atoms with E-state index in [-0.39, 0.29) is 49.1 Å². The van der Waals surface area contributed by atoms with Crippen molar-refractivity contribution < 1.29 is 23.2 Å². The Bertz CT molecular complexity index is 994. The number of halogens is 2. The van der Waals surface area contributed by atoms with Gasteiger partial charge in [-0.3, -0.25) is 14.4 Å². The monoisotopic (exact) mass is 415 g/mol. The van der Waals surface area contributed by atoms with Gasteiger partial charge in [-0.25, -0.2) is 8.78 Å². The standard InChI is InChI=1S/C22H23F2N3O3/c1-13-3-6-19(18(24)9-13)27-12-16(11-20(27)28)22(30)26-8-7-25-21(29)15-5-4-14(2)17(23)10-15/h3-6,9-10,16H,7-8,11-12H2,1-2H3,(H,25,29)(H,26,30). The Kier molecular flexibility index (Phi) is 6.44. The van der Waals surface area contributed by atoms with Crippen LogP contribution in [0.4, 0.5) is 14.5 Å². The van der Waals surface area contributed by atoms with Gasteiger partial charge in [-0.2, -0.15) is 0 Å². The van der Waals surface area contributed by atoms with E-state index in [0.29, 0.717) is 5.56 Å². The molecule has 3 amide bonds. The highest BCUT2D eigenvalue weighted by Gasteiger charge is 2.36. The first-order valence-corrected chi connectivity index (χ1v) is 9.65. The third kappa shape index (κ3) is 4.82. The van der Waals surface area contributed by atoms with Gasteiger partial charge in [-0.05, 0) is 49.2 Å². The fraction of sp³-hybridized carbons (Fsp3) is 0.318. The molecule has 158 valence electrons. The lowest BCUT2D eigenvalue weighted by Crippen LogP contribution is -2.38. The SMILES string of the molecule is Cc1ccc(N2CC(C(=O)NCCNC(=O)c3ccc(C)c(F)c3)CC2=O)c(F)c1. The predicted molar refractivity (Wildman–Crippen MR) is 108 cm³/mol. The normalized spacial score (nSPS) is 15.9. The Morgan fingerprint density at radius 2 is 1.77 bits per heavy atom. The Morgan fingerprint density at radius 1 is 1.03 bits per heavy atom. The van der Waals surface area contributed by atoms with Crippen LogP contribution in [0.5, 0.6) is 0 Å². The molecule has 1 heterocycles. The summed E-state index contributed by atoms with van der Waals surface area (Å²) in [5, 5.41) is 5.27. The van der Waals surface area contributed by atoms with Crippen molar-refractivity contribution in [3.8, 4) is 0 Å². The van der Waals surface area contributed by atoms with Crippen molar-refractivity contribution in [3.63, 3.8) is 0 Å². The molecule has 2 aromatic rings. The van der Waals surface area contributed by atoms with Crippen LogP contribution in [-0.4, -0.2) is 37.4 Å². The van der Waals surface area contributed by atoms with Gasteiger partial charge in [0, 0.05) is 31.6 Å². The minimum absolute atomic E-state index is 0.00580. The van der Waals surface area contributed by atoms with Crippen molar-refractivity contribution in [3.05, 3.63) is 64.7 Å². The predicted octanol–water partition coefficient (Wildman–Crippen LogP) is 2.48. The number of hydrogen-bond acceptors (Lipinski definition) is 3. The fourth-order valence-electron chi connectivity index (χ4n) is 3.29. The molecule has 1 atom stereocenters. The highest BCUT2D eigenvalue weighted by atomic mass is 19.1. The first kappa shape index (κ1) is 21.4. The Morgan fingerprint density at radius 3 is 2.47 bits per heavy atom. The summed E-state index contributed by atoms with van der Waals surface area (Å²) in [6.45, 7) is 3.76. The summed E-state index contributed by atoms with van der Waals surface area (Å²) in [7, 11) is 0. The van der Waals surface area contributed by atoms with Crippen LogP contribution < -0.4 is 15.5 Å². The van der Waals surface area contributed by atoms with Crippen LogP contribution in [-0.2, 0) is 9.59 Å². The second-order valence-corrected chi connectivity index (χ2v) is 7.37. The lowest BCUT2D eigenvalue weighted by molar-refractivity contribution is -0.126. The minimum atomic E-state index is -0.597. The highest BCUT2D eigenvalue weighted by molar-refractivity contribution is 6.00. The van der Waals surface area contributed by atoms with E-state index in [2.05, 4.69) is 10.6 Å². The molecular weight excluding hydrogens is 392 g/mol. The Balaban J connectivity index is 1.48. The van der Waals surface area contributed by atoms with Crippen molar-refractivity contribution >= 4 is 23.4 Å². The van der Waals surface area contributed by atoms with Crippen LogP contribution in [0.25, 0.3) is 0 Å². The van der Waals surface area contributed by atoms with E-state index >= 15 is 0 Å². The summed E-state index contributed by atoms with van der Waals surface area (Å²) in [6.07, 6.45) is -0.00580. The number of hydrogen-bond donors (Lipinski definition) is 2. The van der Waals surface area contributed by atoms with E-state index < -0.39 is 23.5 Å². The topological polar surface area (TPSA) is 78.5 Å². The van der Waals surface area contributed by atoms with Gasteiger partial charge in [0.05, 0.1) is 11.6 Å². The number of amides is 3. The quantitative estimate of drug-likeness (QED) is 0.712. The molecule has 0 aromatic heterocycles. The number of aryl methyl sites for hydroxylation is 2. The van der Waals surface area contributed by atoms with Crippen molar-refractivity contribution in [2.75, 3.05) is 24.5 Å². The molecule has 1 unspecified atom stereocenters. The molecule has 1 saturated heterocycles. The van der Waals surface area contributed by atoms with Gasteiger partial charge in [0.1, 0.15) is 11.6 Å². The molecular formula is C22H23F2N3O3. The largest absolute Gasteiger partial charge is 0.354 e. The molecule has 30 heavy (non-hydrogen) atoms. The fourth-order valence-corrected chi connectivity index (χ4v) is 3.29. The van der Waals surface area contributed by atoms with E-state index in [9.17, 15) is 23.2 Å². The smallest absolute Gasteiger partial charge is 0.251 e. The van der Waals surface area contributed by atoms with Gasteiger partial charge >= 0.3 is 0 Å². The van der Waals surface area contributed by atoms with Crippen molar-refractivity contribution in [1.29, 1.82) is 0 Å². The van der Waals surface area contributed by atoms with E-state index in [4.69, 9.17) is 0 Å². The second kappa shape index (κ2) is 9.02. The van der Waals surface area contributed by atoms with Gasteiger partial charge in [-0.1, -0.05) is 12.1 Å². The number of anilines is 1. The summed E-state index contributed by atoms with van der Waals surface area (Å²) in [5.41, 5.74) is 1.55. The second-order valence-electron chi connectivity index (χ2n) is 7.37. The number of carbonyl (C=O) groups is 3. The molecule has 1 fully saturated rings. The zero-order chi connectivity index (χ0) is 21.8. The molecule has 0 spiro atoms. The molecule has 2 N–H and O–H groups in total. The summed E-state index contributed by atoms with van der Waals surface area (Å²) in [4.78, 5) is 37.9. The van der Waals surface area contributed by atoms with Gasteiger partial charge in [0.25, 0.3) is 5.91 Å². The summed E-state index contributed by atoms with van der Waals surface area (Å²) in [5.74, 6) is -2.65. The molecule has 0 aliphatic carbocycles. The van der Waals surface area contributed by atoms with Gasteiger partial charge < -0.3 is 15.5 Å². The maximum absolute atomic E-state index is 14.2. The molecule has 0 bridgehead atoms. The van der Waals surface area contributed by atoms with E-state index in [1.165, 1.54) is 29.2 Å². The number of nitrogens with zero attached hydrogens (tertiary/aromatic N) is 1. The minimum Gasteiger partial charge on any atom is -0.354 e. The summed E-state index contributed by atoms with van der Waals surface area (Å²) < 4.78 is 27.7. The maximum Gasteiger partial charge on any atom is 0.251 e. The average Bonchev–Trinajstić information content (AvgIpc) is 3.08. The zero-order valence-electron chi connectivity index (χ0n) is 16.8. The molecule has 1 aliphatic rings. The molecule has 0 radical (unpaired) electrons. The average molecular weight is 415 g/mol. The summed E-state index contributed by atoms with van der Waals surface area (Å²) >= 11 is 0. The molecule has 2 aromatic carbocycles. The third-order valence-electron chi connectivity index (χ3n) is 5.03. The number of benzene rings is 2. The van der Waals surface area contributed by atoms with Gasteiger partial charge in [0.15, 0.2) is 0 Å². The van der Waals surface area contributed by atoms with Crippen LogP contribution in [0.1, 0.15) is 27.9 Å². The first-order chi connectivity index (χ1) is 14.3. The number of rotatable bonds is 6. The lowest BCUT2D eigenvalue weighted by Gasteiger charge is -2.18. The maximum atomic E-state index is 14.2. The number of carbonyl (C=O) groups excluding carboxylic acids is 3. The molecule has 0 saturated carbocycles. The summed E-state index contributed by atoms with van der Waals surface area (Å²) in [6, 6.07) is 8.79. The molecule has 8 heteroatoms. The lowest BCUT2D eigenvalue weighted by atomic mass is 10.1. The molecule has 3 rings (SSSR count).